The summed E-state index contributed by atoms with van der Waals surface area (Å²) < 4.78 is 11.7. The highest BCUT2D eigenvalue weighted by Gasteiger charge is 2.16. The third-order valence-electron chi connectivity index (χ3n) is 5.26. The van der Waals surface area contributed by atoms with Crippen molar-refractivity contribution in [1.29, 1.82) is 0 Å². The van der Waals surface area contributed by atoms with Crippen LogP contribution in [0.3, 0.4) is 0 Å². The Kier molecular flexibility index (Phi) is 10.3. The molecular formula is C26H23Cl2IN4O5. The molecule has 0 aliphatic rings. The predicted octanol–water partition coefficient (Wildman–Crippen LogP) is 5.33. The summed E-state index contributed by atoms with van der Waals surface area (Å²) >= 11 is 14.1. The molecule has 0 unspecified atom stereocenters. The highest BCUT2D eigenvalue weighted by Crippen LogP contribution is 2.34. The van der Waals surface area contributed by atoms with Gasteiger partial charge in [0.15, 0.2) is 18.1 Å². The molecular weight excluding hydrogens is 646 g/mol. The minimum Gasteiger partial charge on any atom is -0.493 e. The van der Waals surface area contributed by atoms with Gasteiger partial charge >= 0.3 is 11.8 Å². The lowest BCUT2D eigenvalue weighted by Crippen LogP contribution is -2.32. The van der Waals surface area contributed by atoms with Crippen LogP contribution in [0, 0.1) is 17.4 Å². The van der Waals surface area contributed by atoms with Gasteiger partial charge in [-0.25, -0.2) is 5.43 Å². The monoisotopic (exact) mass is 668 g/mol. The van der Waals surface area contributed by atoms with Gasteiger partial charge in [-0.2, -0.15) is 5.10 Å². The van der Waals surface area contributed by atoms with Crippen LogP contribution >= 0.6 is 45.8 Å². The quantitative estimate of drug-likeness (QED) is 0.130. The molecule has 3 amide bonds. The molecule has 0 aliphatic carbocycles. The summed E-state index contributed by atoms with van der Waals surface area (Å²) in [5.41, 5.74) is 5.53. The van der Waals surface area contributed by atoms with Gasteiger partial charge in [-0.3, -0.25) is 14.4 Å². The highest BCUT2D eigenvalue weighted by molar-refractivity contribution is 14.1. The van der Waals surface area contributed by atoms with E-state index in [1.165, 1.54) is 13.3 Å². The van der Waals surface area contributed by atoms with Crippen molar-refractivity contribution < 1.29 is 23.9 Å². The lowest BCUT2D eigenvalue weighted by Gasteiger charge is -2.14. The first-order valence-corrected chi connectivity index (χ1v) is 12.9. The number of halogens is 3. The SMILES string of the molecule is COc1cc(/C=N/NC(=O)C(=O)Nc2cccc(C)c2C)cc(I)c1OCC(=O)Nc1cccc(Cl)c1Cl. The van der Waals surface area contributed by atoms with Gasteiger partial charge < -0.3 is 20.1 Å². The van der Waals surface area contributed by atoms with E-state index in [0.29, 0.717) is 37.0 Å². The number of carbonyl (C=O) groups excluding carboxylic acids is 3. The molecule has 0 atom stereocenters. The summed E-state index contributed by atoms with van der Waals surface area (Å²) in [5.74, 6) is -1.53. The Bertz CT molecular complexity index is 1410. The first-order chi connectivity index (χ1) is 18.1. The number of hydrogen-bond donors (Lipinski definition) is 3. The highest BCUT2D eigenvalue weighted by atomic mass is 127. The Labute approximate surface area is 243 Å². The van der Waals surface area contributed by atoms with E-state index in [0.717, 1.165) is 11.1 Å². The largest absolute Gasteiger partial charge is 0.493 e. The summed E-state index contributed by atoms with van der Waals surface area (Å²) in [6, 6.07) is 13.6. The van der Waals surface area contributed by atoms with Crippen molar-refractivity contribution >= 4 is 81.1 Å². The Hall–Kier alpha value is -3.35. The standard InChI is InChI=1S/C26H23Cl2IN4O5/c1-14-6-4-8-19(15(14)2)32-25(35)26(36)33-30-12-16-10-18(29)24(21(11-16)37-3)38-13-22(34)31-20-9-5-7-17(27)23(20)28/h4-12H,13H2,1-3H3,(H,31,34)(H,32,35)(H,33,36)/b30-12+. The maximum Gasteiger partial charge on any atom is 0.329 e. The number of rotatable bonds is 8. The minimum atomic E-state index is -0.922. The number of carbonyl (C=O) groups is 3. The van der Waals surface area contributed by atoms with Crippen LogP contribution in [0.5, 0.6) is 11.5 Å². The fourth-order valence-electron chi connectivity index (χ4n) is 3.16. The van der Waals surface area contributed by atoms with Gasteiger partial charge in [-0.1, -0.05) is 41.4 Å². The number of anilines is 2. The molecule has 12 heteroatoms. The third-order valence-corrected chi connectivity index (χ3v) is 6.88. The van der Waals surface area contributed by atoms with E-state index in [4.69, 9.17) is 32.7 Å². The molecule has 198 valence electrons. The van der Waals surface area contributed by atoms with Gasteiger partial charge in [0.25, 0.3) is 5.91 Å². The molecule has 3 rings (SSSR count). The number of amides is 3. The first kappa shape index (κ1) is 29.2. The van der Waals surface area contributed by atoms with Crippen molar-refractivity contribution in [2.24, 2.45) is 5.10 Å². The van der Waals surface area contributed by atoms with Gasteiger partial charge in [0, 0.05) is 5.69 Å². The minimum absolute atomic E-state index is 0.230. The van der Waals surface area contributed by atoms with E-state index in [2.05, 4.69) is 21.2 Å². The van der Waals surface area contributed by atoms with Gasteiger partial charge in [0.2, 0.25) is 0 Å². The maximum absolute atomic E-state index is 12.4. The van der Waals surface area contributed by atoms with Crippen LogP contribution in [0.25, 0.3) is 0 Å². The molecule has 0 aromatic heterocycles. The maximum atomic E-state index is 12.4. The average Bonchev–Trinajstić information content (AvgIpc) is 2.88. The molecule has 0 fully saturated rings. The van der Waals surface area contributed by atoms with Gasteiger partial charge in [-0.15, -0.1) is 0 Å². The number of nitrogens with zero attached hydrogens (tertiary/aromatic N) is 1. The van der Waals surface area contributed by atoms with E-state index in [-0.39, 0.29) is 11.6 Å². The van der Waals surface area contributed by atoms with E-state index in [9.17, 15) is 14.4 Å². The second kappa shape index (κ2) is 13.4. The van der Waals surface area contributed by atoms with Crippen molar-refractivity contribution in [1.82, 2.24) is 5.43 Å². The van der Waals surface area contributed by atoms with Crippen molar-refractivity contribution in [2.45, 2.75) is 13.8 Å². The fraction of sp³-hybridized carbons (Fsp3) is 0.154. The van der Waals surface area contributed by atoms with E-state index in [1.54, 1.807) is 42.5 Å². The summed E-state index contributed by atoms with van der Waals surface area (Å²) in [5, 5.41) is 9.61. The average molecular weight is 669 g/mol. The van der Waals surface area contributed by atoms with Gasteiger partial charge in [-0.05, 0) is 83.5 Å². The molecule has 0 heterocycles. The second-order valence-corrected chi connectivity index (χ2v) is 9.82. The van der Waals surface area contributed by atoms with Crippen LogP contribution in [-0.2, 0) is 14.4 Å². The predicted molar refractivity (Wildman–Crippen MR) is 157 cm³/mol. The van der Waals surface area contributed by atoms with Crippen molar-refractivity contribution in [3.05, 3.63) is 78.8 Å². The molecule has 0 radical (unpaired) electrons. The topological polar surface area (TPSA) is 118 Å². The zero-order valence-electron chi connectivity index (χ0n) is 20.5. The van der Waals surface area contributed by atoms with Crippen LogP contribution in [0.15, 0.2) is 53.6 Å². The Morgan fingerprint density at radius 2 is 1.71 bits per heavy atom. The van der Waals surface area contributed by atoms with Crippen molar-refractivity contribution in [3.63, 3.8) is 0 Å². The van der Waals surface area contributed by atoms with Crippen LogP contribution in [0.1, 0.15) is 16.7 Å². The number of nitrogens with one attached hydrogen (secondary N) is 3. The normalized spacial score (nSPS) is 10.7. The van der Waals surface area contributed by atoms with E-state index in [1.807, 2.05) is 42.5 Å². The van der Waals surface area contributed by atoms with Crippen LogP contribution in [0.2, 0.25) is 10.0 Å². The Morgan fingerprint density at radius 1 is 1.00 bits per heavy atom. The molecule has 0 spiro atoms. The zero-order chi connectivity index (χ0) is 27.8. The third kappa shape index (κ3) is 7.59. The molecule has 3 aromatic carbocycles. The summed E-state index contributed by atoms with van der Waals surface area (Å²) in [6.45, 7) is 3.45. The second-order valence-electron chi connectivity index (χ2n) is 7.87. The molecule has 3 aromatic rings. The van der Waals surface area contributed by atoms with Crippen molar-refractivity contribution in [3.8, 4) is 11.5 Å². The summed E-state index contributed by atoms with van der Waals surface area (Å²) in [7, 11) is 1.45. The van der Waals surface area contributed by atoms with Crippen LogP contribution < -0.4 is 25.5 Å². The molecule has 38 heavy (non-hydrogen) atoms. The zero-order valence-corrected chi connectivity index (χ0v) is 24.2. The summed E-state index contributed by atoms with van der Waals surface area (Å²) in [4.78, 5) is 36.7. The van der Waals surface area contributed by atoms with Gasteiger partial charge in [0.05, 0.1) is 32.6 Å². The number of ether oxygens (including phenoxy) is 2. The number of methoxy groups -OCH3 is 1. The lowest BCUT2D eigenvalue weighted by molar-refractivity contribution is -0.136. The first-order valence-electron chi connectivity index (χ1n) is 11.1. The molecule has 0 bridgehead atoms. The molecule has 0 saturated carbocycles. The lowest BCUT2D eigenvalue weighted by atomic mass is 10.1. The Morgan fingerprint density at radius 3 is 2.45 bits per heavy atom. The molecule has 0 saturated heterocycles. The van der Waals surface area contributed by atoms with Crippen molar-refractivity contribution in [2.75, 3.05) is 24.4 Å². The molecule has 3 N–H and O–H groups in total. The number of benzene rings is 3. The number of hydrazone groups is 1. The number of aryl methyl sites for hydroxylation is 1. The molecule has 0 aliphatic heterocycles. The van der Waals surface area contributed by atoms with Gasteiger partial charge in [0.1, 0.15) is 0 Å². The van der Waals surface area contributed by atoms with E-state index >= 15 is 0 Å². The smallest absolute Gasteiger partial charge is 0.329 e. The van der Waals surface area contributed by atoms with Crippen LogP contribution in [-0.4, -0.2) is 37.7 Å². The summed E-state index contributed by atoms with van der Waals surface area (Å²) in [6.07, 6.45) is 1.35. The van der Waals surface area contributed by atoms with E-state index < -0.39 is 17.7 Å². The van der Waals surface area contributed by atoms with Crippen LogP contribution in [0.4, 0.5) is 11.4 Å². The molecule has 9 nitrogen and oxygen atoms in total. The number of hydrogen-bond acceptors (Lipinski definition) is 6. The Balaban J connectivity index is 1.60. The fourth-order valence-corrected chi connectivity index (χ4v) is 4.29.